The van der Waals surface area contributed by atoms with E-state index in [0.717, 1.165) is 0 Å². The SMILES string of the molecule is Cl.NCC(=O)c1cnccn1. The minimum absolute atomic E-state index is 0. The van der Waals surface area contributed by atoms with Gasteiger partial charge in [0.1, 0.15) is 5.69 Å². The van der Waals surface area contributed by atoms with Gasteiger partial charge in [0.15, 0.2) is 5.78 Å². The van der Waals surface area contributed by atoms with E-state index in [4.69, 9.17) is 5.73 Å². The third kappa shape index (κ3) is 2.61. The number of carbonyl (C=O) groups is 1. The van der Waals surface area contributed by atoms with Gasteiger partial charge in [0.25, 0.3) is 0 Å². The number of rotatable bonds is 2. The van der Waals surface area contributed by atoms with Gasteiger partial charge in [-0.15, -0.1) is 12.4 Å². The average molecular weight is 174 g/mol. The molecular weight excluding hydrogens is 166 g/mol. The van der Waals surface area contributed by atoms with E-state index in [1.54, 1.807) is 0 Å². The highest BCUT2D eigenvalue weighted by atomic mass is 35.5. The Kier molecular flexibility index (Phi) is 4.33. The first-order chi connectivity index (χ1) is 4.84. The maximum absolute atomic E-state index is 10.8. The molecule has 1 heterocycles. The summed E-state index contributed by atoms with van der Waals surface area (Å²) in [5.74, 6) is -0.187. The van der Waals surface area contributed by atoms with Gasteiger partial charge >= 0.3 is 0 Å². The molecule has 0 bridgehead atoms. The highest BCUT2D eigenvalue weighted by Crippen LogP contribution is 1.88. The lowest BCUT2D eigenvalue weighted by atomic mass is 10.3. The fourth-order valence-corrected chi connectivity index (χ4v) is 0.548. The molecule has 1 rings (SSSR count). The second kappa shape index (κ2) is 4.76. The number of halogens is 1. The predicted octanol–water partition coefficient (Wildman–Crippen LogP) is 0.0398. The van der Waals surface area contributed by atoms with E-state index in [1.165, 1.54) is 18.6 Å². The van der Waals surface area contributed by atoms with E-state index in [1.807, 2.05) is 0 Å². The number of aromatic nitrogens is 2. The quantitative estimate of drug-likeness (QED) is 0.642. The van der Waals surface area contributed by atoms with E-state index in [9.17, 15) is 4.79 Å². The van der Waals surface area contributed by atoms with Crippen molar-refractivity contribution in [2.45, 2.75) is 0 Å². The summed E-state index contributed by atoms with van der Waals surface area (Å²) in [6, 6.07) is 0. The van der Waals surface area contributed by atoms with Gasteiger partial charge in [0.05, 0.1) is 12.7 Å². The fraction of sp³-hybridized carbons (Fsp3) is 0.167. The van der Waals surface area contributed by atoms with Crippen LogP contribution in [0, 0.1) is 0 Å². The fourth-order valence-electron chi connectivity index (χ4n) is 0.548. The molecule has 0 radical (unpaired) electrons. The van der Waals surface area contributed by atoms with Crippen molar-refractivity contribution in [2.24, 2.45) is 5.73 Å². The van der Waals surface area contributed by atoms with Gasteiger partial charge in [-0.25, -0.2) is 4.98 Å². The number of hydrogen-bond donors (Lipinski definition) is 1. The molecule has 0 amide bonds. The molecule has 0 aliphatic rings. The molecule has 1 aromatic heterocycles. The molecule has 0 aliphatic carbocycles. The minimum Gasteiger partial charge on any atom is -0.324 e. The lowest BCUT2D eigenvalue weighted by molar-refractivity contribution is 0.0996. The number of Topliss-reactive ketones (excluding diaryl/α,β-unsaturated/α-hetero) is 1. The van der Waals surface area contributed by atoms with Crippen molar-refractivity contribution >= 4 is 18.2 Å². The van der Waals surface area contributed by atoms with Crippen LogP contribution in [0.25, 0.3) is 0 Å². The zero-order valence-electron chi connectivity index (χ0n) is 5.73. The lowest BCUT2D eigenvalue weighted by Gasteiger charge is -1.91. The number of ketones is 1. The summed E-state index contributed by atoms with van der Waals surface area (Å²) in [7, 11) is 0. The van der Waals surface area contributed by atoms with Gasteiger partial charge in [-0.2, -0.15) is 0 Å². The molecular formula is C6H8ClN3O. The van der Waals surface area contributed by atoms with E-state index in [2.05, 4.69) is 9.97 Å². The molecule has 2 N–H and O–H groups in total. The average Bonchev–Trinajstić information content (AvgIpc) is 2.05. The third-order valence-electron chi connectivity index (χ3n) is 1.03. The van der Waals surface area contributed by atoms with Crippen molar-refractivity contribution < 1.29 is 4.79 Å². The molecule has 1 aromatic rings. The summed E-state index contributed by atoms with van der Waals surface area (Å²) < 4.78 is 0. The topological polar surface area (TPSA) is 68.9 Å². The van der Waals surface area contributed by atoms with Crippen LogP contribution in [-0.4, -0.2) is 22.3 Å². The molecule has 0 saturated heterocycles. The highest BCUT2D eigenvalue weighted by Gasteiger charge is 2.01. The molecule has 4 nitrogen and oxygen atoms in total. The summed E-state index contributed by atoms with van der Waals surface area (Å²) in [5, 5.41) is 0. The van der Waals surface area contributed by atoms with Crippen molar-refractivity contribution in [1.82, 2.24) is 9.97 Å². The summed E-state index contributed by atoms with van der Waals surface area (Å²) in [5.41, 5.74) is 5.41. The van der Waals surface area contributed by atoms with Gasteiger partial charge in [-0.05, 0) is 0 Å². The van der Waals surface area contributed by atoms with Gasteiger partial charge in [-0.3, -0.25) is 9.78 Å². The number of nitrogens with two attached hydrogens (primary N) is 1. The Morgan fingerprint density at radius 1 is 1.55 bits per heavy atom. The smallest absolute Gasteiger partial charge is 0.196 e. The second-order valence-corrected chi connectivity index (χ2v) is 1.72. The second-order valence-electron chi connectivity index (χ2n) is 1.72. The van der Waals surface area contributed by atoms with Crippen LogP contribution in [0.2, 0.25) is 0 Å². The molecule has 0 aliphatic heterocycles. The largest absolute Gasteiger partial charge is 0.324 e. The highest BCUT2D eigenvalue weighted by molar-refractivity contribution is 5.95. The van der Waals surface area contributed by atoms with Crippen LogP contribution in [0.5, 0.6) is 0 Å². The Bertz CT molecular complexity index is 227. The van der Waals surface area contributed by atoms with Crippen LogP contribution in [0.15, 0.2) is 18.6 Å². The van der Waals surface area contributed by atoms with Gasteiger partial charge in [-0.1, -0.05) is 0 Å². The Morgan fingerprint density at radius 3 is 2.73 bits per heavy atom. The molecule has 0 spiro atoms. The Labute approximate surface area is 70.3 Å². The van der Waals surface area contributed by atoms with E-state index >= 15 is 0 Å². The maximum atomic E-state index is 10.8. The number of hydrogen-bond acceptors (Lipinski definition) is 4. The lowest BCUT2D eigenvalue weighted by Crippen LogP contribution is -2.14. The Balaban J connectivity index is 0.000001000. The predicted molar refractivity (Wildman–Crippen MR) is 42.7 cm³/mol. The first kappa shape index (κ1) is 10.0. The van der Waals surface area contributed by atoms with Gasteiger partial charge in [0.2, 0.25) is 0 Å². The summed E-state index contributed by atoms with van der Waals surface area (Å²) in [6.45, 7) is -0.0152. The zero-order chi connectivity index (χ0) is 7.40. The molecule has 60 valence electrons. The zero-order valence-corrected chi connectivity index (χ0v) is 6.54. The number of carbonyl (C=O) groups excluding carboxylic acids is 1. The molecule has 5 heteroatoms. The Morgan fingerprint density at radius 2 is 2.27 bits per heavy atom. The maximum Gasteiger partial charge on any atom is 0.196 e. The van der Waals surface area contributed by atoms with E-state index in [0.29, 0.717) is 5.69 Å². The van der Waals surface area contributed by atoms with Gasteiger partial charge < -0.3 is 5.73 Å². The van der Waals surface area contributed by atoms with Crippen molar-refractivity contribution in [3.05, 3.63) is 24.3 Å². The van der Waals surface area contributed by atoms with Crippen molar-refractivity contribution in [3.8, 4) is 0 Å². The standard InChI is InChI=1S/C6H7N3O.ClH/c7-3-6(10)5-4-8-1-2-9-5;/h1-2,4H,3,7H2;1H. The monoisotopic (exact) mass is 173 g/mol. The van der Waals surface area contributed by atoms with Crippen LogP contribution in [0.1, 0.15) is 10.5 Å². The first-order valence-corrected chi connectivity index (χ1v) is 2.84. The van der Waals surface area contributed by atoms with Gasteiger partial charge in [0, 0.05) is 12.4 Å². The van der Waals surface area contributed by atoms with Crippen LogP contribution < -0.4 is 5.73 Å². The number of nitrogens with zero attached hydrogens (tertiary/aromatic N) is 2. The summed E-state index contributed by atoms with van der Waals surface area (Å²) >= 11 is 0. The molecule has 0 atom stereocenters. The molecule has 0 saturated carbocycles. The third-order valence-corrected chi connectivity index (χ3v) is 1.03. The normalized spacial score (nSPS) is 8.45. The summed E-state index contributed by atoms with van der Waals surface area (Å²) in [6.07, 6.45) is 4.37. The molecule has 0 unspecified atom stereocenters. The molecule has 0 aromatic carbocycles. The van der Waals surface area contributed by atoms with Crippen molar-refractivity contribution in [2.75, 3.05) is 6.54 Å². The summed E-state index contributed by atoms with van der Waals surface area (Å²) in [4.78, 5) is 18.3. The van der Waals surface area contributed by atoms with Crippen molar-refractivity contribution in [1.29, 1.82) is 0 Å². The first-order valence-electron chi connectivity index (χ1n) is 2.84. The molecule has 11 heavy (non-hydrogen) atoms. The Hall–Kier alpha value is -1.00. The van der Waals surface area contributed by atoms with Crippen LogP contribution >= 0.6 is 12.4 Å². The van der Waals surface area contributed by atoms with E-state index < -0.39 is 0 Å². The van der Waals surface area contributed by atoms with Crippen molar-refractivity contribution in [3.63, 3.8) is 0 Å². The minimum atomic E-state index is -0.187. The van der Waals surface area contributed by atoms with Crippen LogP contribution in [-0.2, 0) is 0 Å². The van der Waals surface area contributed by atoms with E-state index in [-0.39, 0.29) is 24.7 Å². The van der Waals surface area contributed by atoms with Crippen LogP contribution in [0.4, 0.5) is 0 Å². The van der Waals surface area contributed by atoms with Crippen LogP contribution in [0.3, 0.4) is 0 Å². The molecule has 0 fully saturated rings.